The Labute approximate surface area is 54.7 Å². The third-order valence-electron chi connectivity index (χ3n) is 1.51. The molecular weight excluding hydrogens is 114 g/mol. The lowest BCUT2D eigenvalue weighted by Gasteiger charge is -2.09. The molecule has 0 saturated carbocycles. The summed E-state index contributed by atoms with van der Waals surface area (Å²) in [5, 5.41) is 9.07. The van der Waals surface area contributed by atoms with Crippen LogP contribution in [0.25, 0.3) is 0 Å². The standard InChI is InChI=1S/C7H11NO/c1-5-4-6(8)2-3-7(5)9/h4,9H,2-3,8H2,1H3. The van der Waals surface area contributed by atoms with Crippen molar-refractivity contribution in [3.8, 4) is 0 Å². The monoisotopic (exact) mass is 125 g/mol. The second kappa shape index (κ2) is 2.13. The van der Waals surface area contributed by atoms with E-state index in [-0.39, 0.29) is 0 Å². The molecule has 0 atom stereocenters. The Balaban J connectivity index is 2.83. The summed E-state index contributed by atoms with van der Waals surface area (Å²) < 4.78 is 0. The number of hydrogen-bond donors (Lipinski definition) is 2. The summed E-state index contributed by atoms with van der Waals surface area (Å²) in [6.07, 6.45) is 3.32. The molecular formula is C7H11NO. The first-order valence-corrected chi connectivity index (χ1v) is 3.05. The molecule has 0 aliphatic heterocycles. The molecule has 3 N–H and O–H groups in total. The predicted octanol–water partition coefficient (Wildman–Crippen LogP) is 1.45. The van der Waals surface area contributed by atoms with Gasteiger partial charge in [-0.05, 0) is 25.0 Å². The first kappa shape index (κ1) is 6.20. The number of hydrogen-bond acceptors (Lipinski definition) is 2. The van der Waals surface area contributed by atoms with E-state index >= 15 is 0 Å². The maximum absolute atomic E-state index is 9.07. The van der Waals surface area contributed by atoms with Crippen LogP contribution in [0.1, 0.15) is 19.8 Å². The van der Waals surface area contributed by atoms with E-state index < -0.39 is 0 Å². The first-order valence-electron chi connectivity index (χ1n) is 3.05. The van der Waals surface area contributed by atoms with Gasteiger partial charge in [-0.1, -0.05) is 0 Å². The van der Waals surface area contributed by atoms with Crippen molar-refractivity contribution in [2.75, 3.05) is 0 Å². The lowest BCUT2D eigenvalue weighted by Crippen LogP contribution is -2.03. The van der Waals surface area contributed by atoms with Crippen LogP contribution in [0.5, 0.6) is 0 Å². The van der Waals surface area contributed by atoms with E-state index in [2.05, 4.69) is 0 Å². The van der Waals surface area contributed by atoms with Crippen LogP contribution in [0.15, 0.2) is 23.1 Å². The Morgan fingerprint density at radius 2 is 2.22 bits per heavy atom. The van der Waals surface area contributed by atoms with E-state index in [9.17, 15) is 0 Å². The molecule has 0 radical (unpaired) electrons. The lowest BCUT2D eigenvalue weighted by atomic mass is 10.0. The fraction of sp³-hybridized carbons (Fsp3) is 0.429. The molecule has 1 rings (SSSR count). The van der Waals surface area contributed by atoms with Gasteiger partial charge in [-0.2, -0.15) is 0 Å². The van der Waals surface area contributed by atoms with Gasteiger partial charge in [0.2, 0.25) is 0 Å². The minimum Gasteiger partial charge on any atom is -0.512 e. The molecule has 0 amide bonds. The molecule has 0 heterocycles. The number of rotatable bonds is 0. The summed E-state index contributed by atoms with van der Waals surface area (Å²) in [5.41, 5.74) is 7.27. The smallest absolute Gasteiger partial charge is 0.0956 e. The van der Waals surface area contributed by atoms with E-state index in [1.807, 2.05) is 13.0 Å². The van der Waals surface area contributed by atoms with Crippen LogP contribution in [0.4, 0.5) is 0 Å². The van der Waals surface area contributed by atoms with Crippen LogP contribution in [-0.2, 0) is 0 Å². The average Bonchev–Trinajstić information content (AvgIpc) is 1.80. The van der Waals surface area contributed by atoms with Gasteiger partial charge in [0.15, 0.2) is 0 Å². The molecule has 0 unspecified atom stereocenters. The highest BCUT2D eigenvalue weighted by atomic mass is 16.3. The van der Waals surface area contributed by atoms with Gasteiger partial charge in [0.25, 0.3) is 0 Å². The first-order chi connectivity index (χ1) is 4.20. The van der Waals surface area contributed by atoms with Gasteiger partial charge in [-0.25, -0.2) is 0 Å². The molecule has 0 aromatic rings. The summed E-state index contributed by atoms with van der Waals surface area (Å²) in [6.45, 7) is 1.86. The lowest BCUT2D eigenvalue weighted by molar-refractivity contribution is 0.379. The minimum absolute atomic E-state index is 0.476. The fourth-order valence-corrected chi connectivity index (χ4v) is 0.893. The van der Waals surface area contributed by atoms with Crippen molar-refractivity contribution in [3.05, 3.63) is 23.1 Å². The van der Waals surface area contributed by atoms with Crippen LogP contribution >= 0.6 is 0 Å². The van der Waals surface area contributed by atoms with E-state index in [0.29, 0.717) is 12.2 Å². The van der Waals surface area contributed by atoms with E-state index in [0.717, 1.165) is 17.7 Å². The van der Waals surface area contributed by atoms with Gasteiger partial charge in [-0.3, -0.25) is 0 Å². The van der Waals surface area contributed by atoms with Crippen LogP contribution < -0.4 is 5.73 Å². The third kappa shape index (κ3) is 1.25. The second-order valence-electron chi connectivity index (χ2n) is 2.35. The molecule has 1 aliphatic carbocycles. The number of nitrogens with two attached hydrogens (primary N) is 1. The molecule has 0 aromatic heterocycles. The van der Waals surface area contributed by atoms with Gasteiger partial charge in [0, 0.05) is 12.1 Å². The van der Waals surface area contributed by atoms with Crippen molar-refractivity contribution >= 4 is 0 Å². The Morgan fingerprint density at radius 3 is 2.67 bits per heavy atom. The summed E-state index contributed by atoms with van der Waals surface area (Å²) in [5.74, 6) is 0.476. The quantitative estimate of drug-likeness (QED) is 0.514. The zero-order valence-corrected chi connectivity index (χ0v) is 5.52. The topological polar surface area (TPSA) is 46.2 Å². The van der Waals surface area contributed by atoms with Crippen molar-refractivity contribution in [2.45, 2.75) is 19.8 Å². The van der Waals surface area contributed by atoms with Crippen LogP contribution in [0, 0.1) is 0 Å². The highest BCUT2D eigenvalue weighted by Crippen LogP contribution is 2.17. The number of aliphatic hydroxyl groups excluding tert-OH is 1. The normalized spacial score (nSPS) is 19.9. The molecule has 0 bridgehead atoms. The van der Waals surface area contributed by atoms with Gasteiger partial charge in [0.05, 0.1) is 5.76 Å². The molecule has 0 saturated heterocycles. The van der Waals surface area contributed by atoms with E-state index in [1.165, 1.54) is 0 Å². The summed E-state index contributed by atoms with van der Waals surface area (Å²) >= 11 is 0. The molecule has 50 valence electrons. The summed E-state index contributed by atoms with van der Waals surface area (Å²) in [7, 11) is 0. The molecule has 0 fully saturated rings. The van der Waals surface area contributed by atoms with Crippen molar-refractivity contribution < 1.29 is 5.11 Å². The predicted molar refractivity (Wildman–Crippen MR) is 36.8 cm³/mol. The second-order valence-corrected chi connectivity index (χ2v) is 2.35. The van der Waals surface area contributed by atoms with Gasteiger partial charge >= 0.3 is 0 Å². The molecule has 1 aliphatic rings. The fourth-order valence-electron chi connectivity index (χ4n) is 0.893. The van der Waals surface area contributed by atoms with Crippen molar-refractivity contribution in [2.24, 2.45) is 5.73 Å². The highest BCUT2D eigenvalue weighted by molar-refractivity contribution is 5.27. The van der Waals surface area contributed by atoms with E-state index in [4.69, 9.17) is 10.8 Å². The maximum Gasteiger partial charge on any atom is 0.0956 e. The number of allylic oxidation sites excluding steroid dienone is 4. The zero-order chi connectivity index (χ0) is 6.85. The Morgan fingerprint density at radius 1 is 1.56 bits per heavy atom. The third-order valence-corrected chi connectivity index (χ3v) is 1.51. The Bertz CT molecular complexity index is 179. The van der Waals surface area contributed by atoms with Gasteiger partial charge in [-0.15, -0.1) is 0 Å². The molecule has 9 heavy (non-hydrogen) atoms. The van der Waals surface area contributed by atoms with Crippen molar-refractivity contribution in [1.29, 1.82) is 0 Å². The van der Waals surface area contributed by atoms with Gasteiger partial charge in [0.1, 0.15) is 0 Å². The van der Waals surface area contributed by atoms with Gasteiger partial charge < -0.3 is 10.8 Å². The zero-order valence-electron chi connectivity index (χ0n) is 5.52. The molecule has 2 heteroatoms. The molecule has 0 aromatic carbocycles. The molecule has 0 spiro atoms. The van der Waals surface area contributed by atoms with Crippen LogP contribution in [0.2, 0.25) is 0 Å². The minimum atomic E-state index is 0.476. The van der Waals surface area contributed by atoms with Crippen molar-refractivity contribution in [1.82, 2.24) is 0 Å². The SMILES string of the molecule is CC1=C(O)CCC(N)=C1. The van der Waals surface area contributed by atoms with Crippen LogP contribution in [0.3, 0.4) is 0 Å². The highest BCUT2D eigenvalue weighted by Gasteiger charge is 2.05. The Kier molecular flexibility index (Phi) is 1.47. The van der Waals surface area contributed by atoms with E-state index in [1.54, 1.807) is 0 Å². The average molecular weight is 125 g/mol. The maximum atomic E-state index is 9.07. The van der Waals surface area contributed by atoms with Crippen LogP contribution in [-0.4, -0.2) is 5.11 Å². The Hall–Kier alpha value is -0.920. The largest absolute Gasteiger partial charge is 0.512 e. The number of aliphatic hydroxyl groups is 1. The summed E-state index contributed by atoms with van der Waals surface area (Å²) in [4.78, 5) is 0. The summed E-state index contributed by atoms with van der Waals surface area (Å²) in [6, 6.07) is 0. The molecule has 2 nitrogen and oxygen atoms in total. The van der Waals surface area contributed by atoms with Crippen molar-refractivity contribution in [3.63, 3.8) is 0 Å².